The van der Waals surface area contributed by atoms with Crippen LogP contribution in [-0.4, -0.2) is 27.1 Å². The fraction of sp³-hybridized carbons (Fsp3) is 0.500. The number of rotatable bonds is 2. The second-order valence-electron chi connectivity index (χ2n) is 6.11. The number of carbonyl (C=O) groups excluding carboxylic acids is 1. The maximum atomic E-state index is 12.6. The van der Waals surface area contributed by atoms with Gasteiger partial charge in [0.25, 0.3) is 5.91 Å². The van der Waals surface area contributed by atoms with Gasteiger partial charge in [-0.1, -0.05) is 0 Å². The summed E-state index contributed by atoms with van der Waals surface area (Å²) < 4.78 is 7.54. The molecule has 1 fully saturated rings. The summed E-state index contributed by atoms with van der Waals surface area (Å²) in [7, 11) is 0. The second-order valence-corrected chi connectivity index (χ2v) is 6.11. The SMILES string of the molecule is Cc1cc(C(=O)N2CCn3nc(C4CC4)cc3C2)c(C)o1. The van der Waals surface area contributed by atoms with Crippen molar-refractivity contribution in [2.75, 3.05) is 6.54 Å². The van der Waals surface area contributed by atoms with Crippen molar-refractivity contribution in [3.05, 3.63) is 40.6 Å². The minimum Gasteiger partial charge on any atom is -0.466 e. The van der Waals surface area contributed by atoms with Crippen LogP contribution in [0.25, 0.3) is 0 Å². The molecule has 2 aromatic rings. The summed E-state index contributed by atoms with van der Waals surface area (Å²) in [6.45, 7) is 5.85. The third-order valence-corrected chi connectivity index (χ3v) is 4.37. The number of fused-ring (bicyclic) bond motifs is 1. The topological polar surface area (TPSA) is 51.3 Å². The van der Waals surface area contributed by atoms with E-state index in [9.17, 15) is 4.79 Å². The first-order valence-corrected chi connectivity index (χ1v) is 7.55. The molecule has 5 heteroatoms. The highest BCUT2D eigenvalue weighted by atomic mass is 16.3. The van der Waals surface area contributed by atoms with Crippen LogP contribution in [0.4, 0.5) is 0 Å². The summed E-state index contributed by atoms with van der Waals surface area (Å²) in [5.41, 5.74) is 3.03. The van der Waals surface area contributed by atoms with E-state index in [-0.39, 0.29) is 5.91 Å². The summed E-state index contributed by atoms with van der Waals surface area (Å²) >= 11 is 0. The molecule has 0 bridgehead atoms. The molecule has 3 heterocycles. The molecule has 2 aliphatic rings. The van der Waals surface area contributed by atoms with Crippen molar-refractivity contribution in [3.8, 4) is 0 Å². The number of carbonyl (C=O) groups is 1. The number of hydrogen-bond acceptors (Lipinski definition) is 3. The van der Waals surface area contributed by atoms with E-state index in [0.717, 1.165) is 18.0 Å². The number of hydrogen-bond donors (Lipinski definition) is 0. The van der Waals surface area contributed by atoms with E-state index in [4.69, 9.17) is 4.42 Å². The van der Waals surface area contributed by atoms with Gasteiger partial charge in [0.15, 0.2) is 0 Å². The van der Waals surface area contributed by atoms with Crippen LogP contribution in [0.15, 0.2) is 16.5 Å². The van der Waals surface area contributed by atoms with Crippen LogP contribution in [0.3, 0.4) is 0 Å². The van der Waals surface area contributed by atoms with Crippen molar-refractivity contribution in [2.45, 2.75) is 45.7 Å². The van der Waals surface area contributed by atoms with Crippen molar-refractivity contribution < 1.29 is 9.21 Å². The molecule has 5 nitrogen and oxygen atoms in total. The highest BCUT2D eigenvalue weighted by Crippen LogP contribution is 2.39. The van der Waals surface area contributed by atoms with Crippen LogP contribution >= 0.6 is 0 Å². The lowest BCUT2D eigenvalue weighted by Gasteiger charge is -2.27. The van der Waals surface area contributed by atoms with E-state index in [1.54, 1.807) is 0 Å². The third-order valence-electron chi connectivity index (χ3n) is 4.37. The number of nitrogens with zero attached hydrogens (tertiary/aromatic N) is 3. The van der Waals surface area contributed by atoms with Crippen LogP contribution in [0.5, 0.6) is 0 Å². The van der Waals surface area contributed by atoms with Gasteiger partial charge in [0.05, 0.1) is 30.0 Å². The molecular formula is C16H19N3O2. The van der Waals surface area contributed by atoms with Crippen LogP contribution < -0.4 is 0 Å². The highest BCUT2D eigenvalue weighted by molar-refractivity contribution is 5.95. The maximum absolute atomic E-state index is 12.6. The number of amides is 1. The zero-order valence-corrected chi connectivity index (χ0v) is 12.4. The van der Waals surface area contributed by atoms with Crippen molar-refractivity contribution in [1.82, 2.24) is 14.7 Å². The Morgan fingerprint density at radius 3 is 2.76 bits per heavy atom. The first-order valence-electron chi connectivity index (χ1n) is 7.55. The van der Waals surface area contributed by atoms with Crippen molar-refractivity contribution in [3.63, 3.8) is 0 Å². The Morgan fingerprint density at radius 1 is 1.29 bits per heavy atom. The van der Waals surface area contributed by atoms with Gasteiger partial charge in [-0.15, -0.1) is 0 Å². The quantitative estimate of drug-likeness (QED) is 0.852. The van der Waals surface area contributed by atoms with E-state index in [1.807, 2.05) is 24.8 Å². The van der Waals surface area contributed by atoms with Gasteiger partial charge in [-0.3, -0.25) is 9.48 Å². The van der Waals surface area contributed by atoms with Crippen LogP contribution in [0.1, 0.15) is 52.0 Å². The van der Waals surface area contributed by atoms with Crippen LogP contribution in [-0.2, 0) is 13.1 Å². The minimum atomic E-state index is 0.0600. The summed E-state index contributed by atoms with van der Waals surface area (Å²) in [5, 5.41) is 4.66. The van der Waals surface area contributed by atoms with Gasteiger partial charge >= 0.3 is 0 Å². The van der Waals surface area contributed by atoms with Gasteiger partial charge in [-0.25, -0.2) is 0 Å². The molecule has 1 aliphatic heterocycles. The molecule has 0 unspecified atom stereocenters. The van der Waals surface area contributed by atoms with Crippen molar-refractivity contribution in [1.29, 1.82) is 0 Å². The summed E-state index contributed by atoms with van der Waals surface area (Å²) in [4.78, 5) is 14.5. The number of aryl methyl sites for hydroxylation is 2. The molecule has 1 amide bonds. The molecule has 1 saturated carbocycles. The standard InChI is InChI=1S/C16H19N3O2/c1-10-7-14(11(2)21-10)16(20)18-5-6-19-13(9-18)8-15(17-19)12-3-4-12/h7-8,12H,3-6,9H2,1-2H3. The van der Waals surface area contributed by atoms with Crippen LogP contribution in [0, 0.1) is 13.8 Å². The zero-order valence-electron chi connectivity index (χ0n) is 12.4. The zero-order chi connectivity index (χ0) is 14.6. The molecule has 0 spiro atoms. The fourth-order valence-electron chi connectivity index (χ4n) is 3.05. The Balaban J connectivity index is 1.57. The first kappa shape index (κ1) is 12.7. The lowest BCUT2D eigenvalue weighted by molar-refractivity contribution is 0.0704. The molecule has 2 aromatic heterocycles. The Kier molecular flexibility index (Phi) is 2.71. The average Bonchev–Trinajstić information content (AvgIpc) is 3.14. The Hall–Kier alpha value is -2.04. The number of aromatic nitrogens is 2. The predicted octanol–water partition coefficient (Wildman–Crippen LogP) is 2.63. The van der Waals surface area contributed by atoms with Gasteiger partial charge in [0.1, 0.15) is 11.5 Å². The molecular weight excluding hydrogens is 266 g/mol. The third kappa shape index (κ3) is 2.17. The lowest BCUT2D eigenvalue weighted by atomic mass is 10.2. The average molecular weight is 285 g/mol. The molecule has 4 rings (SSSR count). The molecule has 0 aromatic carbocycles. The molecule has 0 radical (unpaired) electrons. The molecule has 1 aliphatic carbocycles. The fourth-order valence-corrected chi connectivity index (χ4v) is 3.05. The smallest absolute Gasteiger partial charge is 0.257 e. The molecule has 0 N–H and O–H groups in total. The van der Waals surface area contributed by atoms with E-state index in [2.05, 4.69) is 15.8 Å². The van der Waals surface area contributed by atoms with Gasteiger partial charge < -0.3 is 9.32 Å². The van der Waals surface area contributed by atoms with E-state index in [1.165, 1.54) is 18.5 Å². The van der Waals surface area contributed by atoms with Gasteiger partial charge in [0, 0.05) is 12.5 Å². The minimum absolute atomic E-state index is 0.0600. The van der Waals surface area contributed by atoms with Crippen molar-refractivity contribution in [2.24, 2.45) is 0 Å². The van der Waals surface area contributed by atoms with E-state index in [0.29, 0.717) is 30.3 Å². The molecule has 0 saturated heterocycles. The Morgan fingerprint density at radius 2 is 2.10 bits per heavy atom. The second kappa shape index (κ2) is 4.48. The molecule has 110 valence electrons. The predicted molar refractivity (Wildman–Crippen MR) is 77.1 cm³/mol. The van der Waals surface area contributed by atoms with E-state index >= 15 is 0 Å². The first-order chi connectivity index (χ1) is 10.1. The summed E-state index contributed by atoms with van der Waals surface area (Å²) in [6, 6.07) is 4.00. The monoisotopic (exact) mass is 285 g/mol. The lowest BCUT2D eigenvalue weighted by Crippen LogP contribution is -2.38. The van der Waals surface area contributed by atoms with Gasteiger partial charge in [-0.2, -0.15) is 5.10 Å². The summed E-state index contributed by atoms with van der Waals surface area (Å²) in [5.74, 6) is 2.21. The van der Waals surface area contributed by atoms with E-state index < -0.39 is 0 Å². The highest BCUT2D eigenvalue weighted by Gasteiger charge is 2.30. The Bertz CT molecular complexity index is 709. The largest absolute Gasteiger partial charge is 0.466 e. The maximum Gasteiger partial charge on any atom is 0.257 e. The van der Waals surface area contributed by atoms with Gasteiger partial charge in [-0.05, 0) is 38.8 Å². The Labute approximate surface area is 123 Å². The van der Waals surface area contributed by atoms with Crippen LogP contribution in [0.2, 0.25) is 0 Å². The normalized spacial score (nSPS) is 17.9. The van der Waals surface area contributed by atoms with Crippen molar-refractivity contribution >= 4 is 5.91 Å². The summed E-state index contributed by atoms with van der Waals surface area (Å²) in [6.07, 6.45) is 2.51. The molecule has 0 atom stereocenters. The number of furan rings is 1. The van der Waals surface area contributed by atoms with Gasteiger partial charge in [0.2, 0.25) is 0 Å². The molecule has 21 heavy (non-hydrogen) atoms.